The molecule has 0 aliphatic heterocycles. The van der Waals surface area contributed by atoms with E-state index in [2.05, 4.69) is 62.4 Å². The summed E-state index contributed by atoms with van der Waals surface area (Å²) < 4.78 is 0. The van der Waals surface area contributed by atoms with Crippen LogP contribution in [0.2, 0.25) is 0 Å². The molecule has 34 heavy (non-hydrogen) atoms. The Morgan fingerprint density at radius 1 is 0.647 bits per heavy atom. The molecular weight excluding hydrogens is 410 g/mol. The molecule has 0 heterocycles. The van der Waals surface area contributed by atoms with Gasteiger partial charge in [-0.05, 0) is 72.8 Å². The van der Waals surface area contributed by atoms with E-state index in [1.165, 1.54) is 114 Å². The van der Waals surface area contributed by atoms with Gasteiger partial charge in [0.15, 0.2) is 0 Å². The minimum Gasteiger partial charge on any atom is -0.399 e. The zero-order valence-electron chi connectivity index (χ0n) is 22.2. The molecule has 188 valence electrons. The first-order valence-electron chi connectivity index (χ1n) is 14.7. The smallest absolute Gasteiger partial charge is 0.0314 e. The Morgan fingerprint density at radius 3 is 1.76 bits per heavy atom. The average molecular weight is 462 g/mol. The Balaban J connectivity index is 1.56. The van der Waals surface area contributed by atoms with E-state index in [1.54, 1.807) is 5.56 Å². The number of rotatable bonds is 15. The fraction of sp³-hybridized carbons (Fsp3) is 0.636. The maximum atomic E-state index is 5.99. The minimum absolute atomic E-state index is 0.486. The van der Waals surface area contributed by atoms with Gasteiger partial charge in [0.2, 0.25) is 0 Å². The van der Waals surface area contributed by atoms with E-state index in [9.17, 15) is 0 Å². The average Bonchev–Trinajstić information content (AvgIpc) is 2.88. The van der Waals surface area contributed by atoms with Gasteiger partial charge in [-0.2, -0.15) is 0 Å². The van der Waals surface area contributed by atoms with Crippen molar-refractivity contribution >= 4 is 5.69 Å². The lowest BCUT2D eigenvalue weighted by molar-refractivity contribution is 0.304. The van der Waals surface area contributed by atoms with Gasteiger partial charge >= 0.3 is 0 Å². The summed E-state index contributed by atoms with van der Waals surface area (Å²) in [6.07, 6.45) is 22.1. The predicted molar refractivity (Wildman–Crippen MR) is 151 cm³/mol. The van der Waals surface area contributed by atoms with Crippen LogP contribution in [0, 0.1) is 5.92 Å². The highest BCUT2D eigenvalue weighted by atomic mass is 14.5. The first-order valence-corrected chi connectivity index (χ1v) is 14.7. The van der Waals surface area contributed by atoms with Crippen LogP contribution in [0.4, 0.5) is 5.69 Å². The second-order valence-corrected chi connectivity index (χ2v) is 11.0. The Bertz CT molecular complexity index is 767. The van der Waals surface area contributed by atoms with Crippen LogP contribution < -0.4 is 5.73 Å². The number of unbranched alkanes of at least 4 members (excludes halogenated alkanes) is 8. The molecule has 2 aromatic rings. The molecule has 0 spiro atoms. The van der Waals surface area contributed by atoms with Crippen molar-refractivity contribution in [1.82, 2.24) is 0 Å². The van der Waals surface area contributed by atoms with Gasteiger partial charge in [0.25, 0.3) is 0 Å². The summed E-state index contributed by atoms with van der Waals surface area (Å²) in [5.41, 5.74) is 11.3. The third-order valence-corrected chi connectivity index (χ3v) is 8.31. The number of hydrogen-bond donors (Lipinski definition) is 1. The van der Waals surface area contributed by atoms with E-state index < -0.39 is 0 Å². The number of anilines is 1. The molecule has 0 aromatic heterocycles. The third kappa shape index (κ3) is 8.79. The van der Waals surface area contributed by atoms with Crippen molar-refractivity contribution in [2.24, 2.45) is 5.92 Å². The van der Waals surface area contributed by atoms with E-state index in [-0.39, 0.29) is 0 Å². The molecule has 2 aromatic carbocycles. The van der Waals surface area contributed by atoms with Crippen LogP contribution in [-0.2, 0) is 0 Å². The fourth-order valence-electron chi connectivity index (χ4n) is 6.01. The Labute approximate surface area is 210 Å². The van der Waals surface area contributed by atoms with E-state index in [1.807, 2.05) is 0 Å². The second kappa shape index (κ2) is 15.3. The molecule has 1 fully saturated rings. The maximum Gasteiger partial charge on any atom is 0.0314 e. The highest BCUT2D eigenvalue weighted by Gasteiger charge is 2.22. The molecule has 1 aliphatic rings. The quantitative estimate of drug-likeness (QED) is 0.207. The summed E-state index contributed by atoms with van der Waals surface area (Å²) in [4.78, 5) is 0. The first kappa shape index (κ1) is 26.8. The Kier molecular flexibility index (Phi) is 12.1. The summed E-state index contributed by atoms with van der Waals surface area (Å²) in [5, 5.41) is 0. The normalized spacial score (nSPS) is 19.2. The van der Waals surface area contributed by atoms with Gasteiger partial charge in [-0.25, -0.2) is 0 Å². The zero-order valence-corrected chi connectivity index (χ0v) is 22.2. The molecule has 2 N–H and O–H groups in total. The highest BCUT2D eigenvalue weighted by Crippen LogP contribution is 2.39. The molecule has 0 bridgehead atoms. The van der Waals surface area contributed by atoms with Crippen molar-refractivity contribution in [3.8, 4) is 0 Å². The van der Waals surface area contributed by atoms with Crippen molar-refractivity contribution in [2.75, 3.05) is 5.73 Å². The van der Waals surface area contributed by atoms with Crippen molar-refractivity contribution in [1.29, 1.82) is 0 Å². The lowest BCUT2D eigenvalue weighted by atomic mass is 9.76. The van der Waals surface area contributed by atoms with Crippen LogP contribution in [0.1, 0.15) is 145 Å². The van der Waals surface area contributed by atoms with Gasteiger partial charge in [-0.15, -0.1) is 0 Å². The molecule has 0 radical (unpaired) electrons. The zero-order chi connectivity index (χ0) is 24.0. The number of nitrogen functional groups attached to an aromatic ring is 1. The minimum atomic E-state index is 0.486. The van der Waals surface area contributed by atoms with Crippen LogP contribution in [0.15, 0.2) is 48.5 Å². The lowest BCUT2D eigenvalue weighted by Crippen LogP contribution is -2.13. The molecule has 1 unspecified atom stereocenters. The van der Waals surface area contributed by atoms with Gasteiger partial charge in [-0.1, -0.05) is 121 Å². The van der Waals surface area contributed by atoms with Crippen LogP contribution >= 0.6 is 0 Å². The number of hydrogen-bond acceptors (Lipinski definition) is 1. The van der Waals surface area contributed by atoms with Gasteiger partial charge in [0.05, 0.1) is 0 Å². The van der Waals surface area contributed by atoms with E-state index in [0.29, 0.717) is 5.92 Å². The largest absolute Gasteiger partial charge is 0.399 e. The topological polar surface area (TPSA) is 26.0 Å². The summed E-state index contributed by atoms with van der Waals surface area (Å²) in [6.45, 7) is 4.61. The lowest BCUT2D eigenvalue weighted by Gasteiger charge is -2.29. The maximum absolute atomic E-state index is 5.99. The van der Waals surface area contributed by atoms with E-state index in [4.69, 9.17) is 5.73 Å². The molecule has 0 saturated heterocycles. The standard InChI is InChI=1S/C33H51N/c1-3-5-7-8-9-10-11-12-14-33(31-23-25-32(34)26-24-31)30-21-19-29(20-22-30)28-17-15-27(16-18-28)13-6-4-2/h19-28,33H,3-18,34H2,1-2H3. The van der Waals surface area contributed by atoms with Gasteiger partial charge in [0, 0.05) is 11.6 Å². The van der Waals surface area contributed by atoms with Crippen molar-refractivity contribution < 1.29 is 0 Å². The summed E-state index contributed by atoms with van der Waals surface area (Å²) >= 11 is 0. The summed E-state index contributed by atoms with van der Waals surface area (Å²) in [7, 11) is 0. The molecule has 0 amide bonds. The molecule has 1 heteroatoms. The van der Waals surface area contributed by atoms with Gasteiger partial charge in [0.1, 0.15) is 0 Å². The highest BCUT2D eigenvalue weighted by molar-refractivity contribution is 5.43. The SMILES string of the molecule is CCCCCCCCCCC(c1ccc(N)cc1)c1ccc(C2CCC(CCCC)CC2)cc1. The molecule has 1 atom stereocenters. The van der Waals surface area contributed by atoms with Crippen LogP contribution in [0.3, 0.4) is 0 Å². The Morgan fingerprint density at radius 2 is 1.18 bits per heavy atom. The van der Waals surface area contributed by atoms with Crippen molar-refractivity contribution in [2.45, 2.75) is 128 Å². The van der Waals surface area contributed by atoms with E-state index in [0.717, 1.165) is 17.5 Å². The summed E-state index contributed by atoms with van der Waals surface area (Å²) in [6, 6.07) is 18.4. The summed E-state index contributed by atoms with van der Waals surface area (Å²) in [5.74, 6) is 2.24. The first-order chi connectivity index (χ1) is 16.7. The molecule has 1 saturated carbocycles. The number of nitrogens with two attached hydrogens (primary N) is 1. The fourth-order valence-corrected chi connectivity index (χ4v) is 6.01. The molecule has 3 rings (SSSR count). The van der Waals surface area contributed by atoms with Crippen LogP contribution in [-0.4, -0.2) is 0 Å². The molecule has 1 aliphatic carbocycles. The monoisotopic (exact) mass is 461 g/mol. The van der Waals surface area contributed by atoms with Crippen LogP contribution in [0.5, 0.6) is 0 Å². The molecule has 1 nitrogen and oxygen atoms in total. The predicted octanol–water partition coefficient (Wildman–Crippen LogP) is 10.4. The second-order valence-electron chi connectivity index (χ2n) is 11.0. The number of benzene rings is 2. The van der Waals surface area contributed by atoms with Crippen molar-refractivity contribution in [3.05, 3.63) is 65.2 Å². The van der Waals surface area contributed by atoms with Gasteiger partial charge in [-0.3, -0.25) is 0 Å². The van der Waals surface area contributed by atoms with Crippen LogP contribution in [0.25, 0.3) is 0 Å². The van der Waals surface area contributed by atoms with E-state index >= 15 is 0 Å². The Hall–Kier alpha value is -1.76. The third-order valence-electron chi connectivity index (χ3n) is 8.31. The van der Waals surface area contributed by atoms with Crippen molar-refractivity contribution in [3.63, 3.8) is 0 Å². The van der Waals surface area contributed by atoms with Gasteiger partial charge < -0.3 is 5.73 Å². The molecular formula is C33H51N.